The first-order valence-corrected chi connectivity index (χ1v) is 10.8. The van der Waals surface area contributed by atoms with Gasteiger partial charge in [0.05, 0.1) is 25.4 Å². The summed E-state index contributed by atoms with van der Waals surface area (Å²) in [5.74, 6) is -2.75. The summed E-state index contributed by atoms with van der Waals surface area (Å²) in [6, 6.07) is 4.06. The van der Waals surface area contributed by atoms with E-state index in [1.54, 1.807) is 7.11 Å². The van der Waals surface area contributed by atoms with E-state index in [0.29, 0.717) is 6.42 Å². The number of carboxylic acids is 2. The Morgan fingerprint density at radius 3 is 2.51 bits per heavy atom. The van der Waals surface area contributed by atoms with Crippen molar-refractivity contribution in [3.05, 3.63) is 35.4 Å². The van der Waals surface area contributed by atoms with E-state index in [9.17, 15) is 22.8 Å². The van der Waals surface area contributed by atoms with Gasteiger partial charge in [-0.2, -0.15) is 13.2 Å². The van der Waals surface area contributed by atoms with E-state index >= 15 is 0 Å². The number of carbonyl (C=O) groups excluding carboxylic acids is 1. The minimum Gasteiger partial charge on any atom is -0.493 e. The topological polar surface area (TPSA) is 123 Å². The second-order valence-corrected chi connectivity index (χ2v) is 8.59. The highest BCUT2D eigenvalue weighted by Gasteiger charge is 2.53. The van der Waals surface area contributed by atoms with E-state index < -0.39 is 30.2 Å². The molecule has 1 aliphatic carbocycles. The fraction of sp³-hybridized carbons (Fsp3) is 0.522. The van der Waals surface area contributed by atoms with Crippen molar-refractivity contribution in [2.45, 2.75) is 56.0 Å². The number of alkyl halides is 3. The molecule has 0 amide bonds. The minimum atomic E-state index is -5.08. The van der Waals surface area contributed by atoms with Crippen molar-refractivity contribution < 1.29 is 52.0 Å². The fourth-order valence-corrected chi connectivity index (χ4v) is 4.59. The summed E-state index contributed by atoms with van der Waals surface area (Å²) in [7, 11) is 3.76. The molecule has 35 heavy (non-hydrogen) atoms. The Morgan fingerprint density at radius 1 is 1.23 bits per heavy atom. The molecule has 0 aromatic heterocycles. The van der Waals surface area contributed by atoms with Crippen LogP contribution in [-0.2, 0) is 31.1 Å². The monoisotopic (exact) mass is 501 g/mol. The molecule has 0 bridgehead atoms. The van der Waals surface area contributed by atoms with Gasteiger partial charge in [-0.05, 0) is 37.7 Å². The van der Waals surface area contributed by atoms with E-state index in [4.69, 9.17) is 29.2 Å². The molecule has 9 nitrogen and oxygen atoms in total. The Kier molecular flexibility index (Phi) is 7.63. The number of ether oxygens (including phenoxy) is 3. The lowest BCUT2D eigenvalue weighted by molar-refractivity contribution is -0.192. The number of hydrogen-bond acceptors (Lipinski definition) is 7. The predicted octanol–water partition coefficient (Wildman–Crippen LogP) is 2.90. The summed E-state index contributed by atoms with van der Waals surface area (Å²) in [4.78, 5) is 33.8. The van der Waals surface area contributed by atoms with Crippen molar-refractivity contribution in [1.29, 1.82) is 0 Å². The Balaban J connectivity index is 0.000000429. The number of rotatable bonds is 5. The Labute approximate surface area is 199 Å². The molecule has 12 heteroatoms. The third kappa shape index (κ3) is 5.69. The van der Waals surface area contributed by atoms with E-state index in [1.807, 2.05) is 12.1 Å². The highest BCUT2D eigenvalue weighted by Crippen LogP contribution is 2.55. The summed E-state index contributed by atoms with van der Waals surface area (Å²) < 4.78 is 49.1. The zero-order chi connectivity index (χ0) is 26.0. The normalized spacial score (nSPS) is 24.6. The number of benzene rings is 1. The first-order chi connectivity index (χ1) is 16.4. The Hall–Kier alpha value is -3.28. The molecule has 1 aromatic carbocycles. The molecule has 4 rings (SSSR count). The van der Waals surface area contributed by atoms with Crippen molar-refractivity contribution >= 4 is 17.9 Å². The lowest BCUT2D eigenvalue weighted by Crippen LogP contribution is -2.43. The largest absolute Gasteiger partial charge is 0.493 e. The first kappa shape index (κ1) is 26.3. The van der Waals surface area contributed by atoms with Gasteiger partial charge in [0, 0.05) is 18.5 Å². The van der Waals surface area contributed by atoms with Crippen molar-refractivity contribution in [3.63, 3.8) is 0 Å². The second-order valence-electron chi connectivity index (χ2n) is 8.59. The molecule has 0 fully saturated rings. The van der Waals surface area contributed by atoms with Crippen molar-refractivity contribution in [3.8, 4) is 11.5 Å². The van der Waals surface area contributed by atoms with Gasteiger partial charge in [0.1, 0.15) is 12.2 Å². The number of aliphatic carboxylic acids is 2. The second kappa shape index (κ2) is 10.1. The van der Waals surface area contributed by atoms with Crippen molar-refractivity contribution in [2.75, 3.05) is 20.7 Å². The molecular formula is C23H26F3NO8. The van der Waals surface area contributed by atoms with E-state index in [-0.39, 0.29) is 24.4 Å². The number of hydrogen-bond donors (Lipinski definition) is 2. The van der Waals surface area contributed by atoms with Crippen LogP contribution in [0.2, 0.25) is 0 Å². The molecular weight excluding hydrogens is 475 g/mol. The summed E-state index contributed by atoms with van der Waals surface area (Å²) in [6.45, 7) is 1.79. The van der Waals surface area contributed by atoms with Crippen LogP contribution in [0.15, 0.2) is 24.3 Å². The Morgan fingerprint density at radius 2 is 1.91 bits per heavy atom. The zero-order valence-electron chi connectivity index (χ0n) is 19.1. The summed E-state index contributed by atoms with van der Waals surface area (Å²) in [5.41, 5.74) is 2.17. The SMILES string of the molecule is COc1ccc2c3c1O[C@H]1C[C@@H](OC(=O)CCC(=O)O)C=CC31CCN(C)C2.O=C(O)C(F)(F)F. The van der Waals surface area contributed by atoms with Crippen molar-refractivity contribution in [2.24, 2.45) is 0 Å². The molecule has 0 radical (unpaired) electrons. The van der Waals surface area contributed by atoms with Crippen LogP contribution < -0.4 is 9.47 Å². The summed E-state index contributed by atoms with van der Waals surface area (Å²) in [6.07, 6.45) is -0.482. The predicted molar refractivity (Wildman–Crippen MR) is 114 cm³/mol. The first-order valence-electron chi connectivity index (χ1n) is 10.8. The smallest absolute Gasteiger partial charge is 0.490 e. The van der Waals surface area contributed by atoms with E-state index in [1.165, 1.54) is 11.1 Å². The van der Waals surface area contributed by atoms with Gasteiger partial charge in [0.25, 0.3) is 0 Å². The number of carbonyl (C=O) groups is 3. The van der Waals surface area contributed by atoms with E-state index in [2.05, 4.69) is 24.1 Å². The molecule has 192 valence electrons. The molecule has 2 N–H and O–H groups in total. The van der Waals surface area contributed by atoms with Crippen LogP contribution in [-0.4, -0.2) is 72.1 Å². The van der Waals surface area contributed by atoms with Gasteiger partial charge in [-0.3, -0.25) is 9.59 Å². The number of esters is 1. The van der Waals surface area contributed by atoms with Crippen molar-refractivity contribution in [1.82, 2.24) is 4.90 Å². The van der Waals surface area contributed by atoms with Gasteiger partial charge in [0.2, 0.25) is 0 Å². The average Bonchev–Trinajstić information content (AvgIpc) is 3.03. The van der Waals surface area contributed by atoms with Crippen LogP contribution >= 0.6 is 0 Å². The Bertz CT molecular complexity index is 1020. The molecule has 2 aliphatic heterocycles. The zero-order valence-corrected chi connectivity index (χ0v) is 19.1. The number of nitrogens with zero attached hydrogens (tertiary/aromatic N) is 1. The number of carboxylic acid groups (broad SMARTS) is 2. The maximum absolute atomic E-state index is 12.0. The number of methoxy groups -OCH3 is 1. The van der Waals surface area contributed by atoms with Crippen LogP contribution in [0.4, 0.5) is 13.2 Å². The van der Waals surface area contributed by atoms with Gasteiger partial charge < -0.3 is 29.3 Å². The molecule has 1 aromatic rings. The van der Waals surface area contributed by atoms with Crippen LogP contribution in [0.5, 0.6) is 11.5 Å². The van der Waals surface area contributed by atoms with Crippen LogP contribution in [0.25, 0.3) is 0 Å². The summed E-state index contributed by atoms with van der Waals surface area (Å²) >= 11 is 0. The highest BCUT2D eigenvalue weighted by atomic mass is 19.4. The fourth-order valence-electron chi connectivity index (χ4n) is 4.59. The average molecular weight is 501 g/mol. The van der Waals surface area contributed by atoms with Gasteiger partial charge in [-0.15, -0.1) is 0 Å². The lowest BCUT2D eigenvalue weighted by Gasteiger charge is -2.36. The highest BCUT2D eigenvalue weighted by molar-refractivity contribution is 5.76. The molecule has 0 saturated carbocycles. The molecule has 1 spiro atoms. The van der Waals surface area contributed by atoms with Gasteiger partial charge >= 0.3 is 24.1 Å². The molecule has 1 unspecified atom stereocenters. The standard InChI is InChI=1S/C21H25NO6.C2HF3O2/c1-22-10-9-21-8-7-14(27-18(25)6-5-17(23)24)11-16(21)28-20-15(26-2)4-3-13(12-22)19(20)21;3-2(4,5)1(6)7/h3-4,7-8,14,16H,5-6,9-12H2,1-2H3,(H,23,24);(H,6,7)/t14-,16-,21?;/m0./s1. The third-order valence-corrected chi connectivity index (χ3v) is 6.20. The number of halogens is 3. The summed E-state index contributed by atoms with van der Waals surface area (Å²) in [5, 5.41) is 15.9. The van der Waals surface area contributed by atoms with Crippen LogP contribution in [0.1, 0.15) is 36.8 Å². The maximum Gasteiger partial charge on any atom is 0.490 e. The van der Waals surface area contributed by atoms with Gasteiger partial charge in [-0.1, -0.05) is 12.1 Å². The van der Waals surface area contributed by atoms with Gasteiger partial charge in [-0.25, -0.2) is 4.79 Å². The minimum absolute atomic E-state index is 0.126. The van der Waals surface area contributed by atoms with E-state index in [0.717, 1.165) is 31.0 Å². The maximum atomic E-state index is 12.0. The molecule has 3 aliphatic rings. The quantitative estimate of drug-likeness (QED) is 0.463. The molecule has 3 atom stereocenters. The van der Waals surface area contributed by atoms with Crippen LogP contribution in [0.3, 0.4) is 0 Å². The van der Waals surface area contributed by atoms with Crippen LogP contribution in [0, 0.1) is 0 Å². The van der Waals surface area contributed by atoms with Gasteiger partial charge in [0.15, 0.2) is 11.5 Å². The molecule has 0 saturated heterocycles. The third-order valence-electron chi connectivity index (χ3n) is 6.20. The molecule has 2 heterocycles. The lowest BCUT2D eigenvalue weighted by atomic mass is 9.69.